The van der Waals surface area contributed by atoms with Crippen LogP contribution in [0.1, 0.15) is 44.9 Å². The van der Waals surface area contributed by atoms with E-state index in [2.05, 4.69) is 11.8 Å². The highest BCUT2D eigenvalue weighted by Gasteiger charge is 2.48. The van der Waals surface area contributed by atoms with Gasteiger partial charge in [0, 0.05) is 6.20 Å². The highest BCUT2D eigenvalue weighted by atomic mass is 16.6. The first-order valence-electron chi connectivity index (χ1n) is 8.33. The number of Topliss-reactive ketones (excluding diaryl/α,β-unsaturated/α-hetero) is 1. The molecule has 1 aromatic heterocycles. The minimum Gasteiger partial charge on any atom is -0.387 e. The molecule has 1 aliphatic rings. The number of aromatic amines is 1. The van der Waals surface area contributed by atoms with Crippen LogP contribution in [0.4, 0.5) is 0 Å². The van der Waals surface area contributed by atoms with Gasteiger partial charge in [0.1, 0.15) is 30.0 Å². The second-order valence-corrected chi connectivity index (χ2v) is 6.07. The van der Waals surface area contributed by atoms with Crippen LogP contribution in [-0.2, 0) is 9.53 Å². The number of ketones is 1. The zero-order valence-electron chi connectivity index (χ0n) is 14.5. The third kappa shape index (κ3) is 3.94. The molecule has 0 aliphatic carbocycles. The summed E-state index contributed by atoms with van der Waals surface area (Å²) in [4.78, 5) is 38.1. The van der Waals surface area contributed by atoms with Crippen molar-refractivity contribution in [3.05, 3.63) is 32.6 Å². The fourth-order valence-electron chi connectivity index (χ4n) is 2.75. The molecule has 0 amide bonds. The van der Waals surface area contributed by atoms with Gasteiger partial charge >= 0.3 is 5.69 Å². The van der Waals surface area contributed by atoms with Crippen molar-refractivity contribution < 1.29 is 24.9 Å². The van der Waals surface area contributed by atoms with Gasteiger partial charge in [0.05, 0.1) is 0 Å². The number of aliphatic hydroxyl groups excluding tert-OH is 3. The number of unbranched alkanes of at least 4 members (excludes halogenated alkanes) is 1. The molecule has 5 atom stereocenters. The summed E-state index contributed by atoms with van der Waals surface area (Å²) in [5, 5.41) is 30.3. The molecule has 142 valence electrons. The minimum atomic E-state index is -1.62. The molecule has 26 heavy (non-hydrogen) atoms. The van der Waals surface area contributed by atoms with E-state index < -0.39 is 47.7 Å². The number of hydrogen-bond donors (Lipinski definition) is 4. The van der Waals surface area contributed by atoms with Crippen molar-refractivity contribution in [3.8, 4) is 11.8 Å². The SMILES string of the molecule is CC#Cc1cn([C@@H]2O[C@H](C(=O)C(O)CCCC)[C@@H](O)[C@@H]2O)c(=O)[nH]c1=O. The minimum absolute atomic E-state index is 0.0323. The first-order chi connectivity index (χ1) is 12.3. The summed E-state index contributed by atoms with van der Waals surface area (Å²) in [6, 6.07) is 0. The highest BCUT2D eigenvalue weighted by molar-refractivity contribution is 5.88. The first kappa shape index (κ1) is 20.1. The topological polar surface area (TPSA) is 142 Å². The third-order valence-electron chi connectivity index (χ3n) is 4.18. The molecule has 0 bridgehead atoms. The van der Waals surface area contributed by atoms with Crippen LogP contribution in [0.25, 0.3) is 0 Å². The molecule has 9 nitrogen and oxygen atoms in total. The van der Waals surface area contributed by atoms with Crippen molar-refractivity contribution >= 4 is 5.78 Å². The maximum Gasteiger partial charge on any atom is 0.330 e. The molecule has 1 fully saturated rings. The Labute approximate surface area is 149 Å². The lowest BCUT2D eigenvalue weighted by atomic mass is 10.00. The summed E-state index contributed by atoms with van der Waals surface area (Å²) in [5.74, 6) is 4.26. The number of nitrogens with zero attached hydrogens (tertiary/aromatic N) is 1. The molecule has 1 unspecified atom stereocenters. The smallest absolute Gasteiger partial charge is 0.330 e. The predicted octanol–water partition coefficient (Wildman–Crippen LogP) is -1.35. The number of aliphatic hydroxyl groups is 3. The number of nitrogens with one attached hydrogen (secondary N) is 1. The Bertz CT molecular complexity index is 832. The van der Waals surface area contributed by atoms with Crippen molar-refractivity contribution in [2.24, 2.45) is 0 Å². The molecular weight excluding hydrogens is 344 g/mol. The molecule has 1 aromatic rings. The number of H-pyrrole nitrogens is 1. The second kappa shape index (κ2) is 8.42. The Kier molecular flexibility index (Phi) is 6.50. The second-order valence-electron chi connectivity index (χ2n) is 6.07. The van der Waals surface area contributed by atoms with Gasteiger partial charge in [0.15, 0.2) is 12.0 Å². The Hall–Kier alpha value is -2.25. The van der Waals surface area contributed by atoms with E-state index in [9.17, 15) is 29.7 Å². The Morgan fingerprint density at radius 2 is 2.08 bits per heavy atom. The molecule has 1 aliphatic heterocycles. The maximum absolute atomic E-state index is 12.3. The average molecular weight is 366 g/mol. The fraction of sp³-hybridized carbons (Fsp3) is 0.588. The quantitative estimate of drug-likeness (QED) is 0.456. The van der Waals surface area contributed by atoms with Gasteiger partial charge in [-0.05, 0) is 13.3 Å². The third-order valence-corrected chi connectivity index (χ3v) is 4.18. The van der Waals surface area contributed by atoms with Crippen molar-refractivity contribution in [1.82, 2.24) is 9.55 Å². The highest BCUT2D eigenvalue weighted by Crippen LogP contribution is 2.29. The van der Waals surface area contributed by atoms with Crippen molar-refractivity contribution in [2.45, 2.75) is 63.8 Å². The van der Waals surface area contributed by atoms with E-state index in [-0.39, 0.29) is 12.0 Å². The molecule has 0 radical (unpaired) electrons. The van der Waals surface area contributed by atoms with Crippen LogP contribution in [0.5, 0.6) is 0 Å². The fourth-order valence-corrected chi connectivity index (χ4v) is 2.75. The van der Waals surface area contributed by atoms with Crippen LogP contribution in [0.2, 0.25) is 0 Å². The first-order valence-corrected chi connectivity index (χ1v) is 8.33. The molecular formula is C17H22N2O7. The lowest BCUT2D eigenvalue weighted by molar-refractivity contribution is -0.144. The lowest BCUT2D eigenvalue weighted by Gasteiger charge is -2.17. The summed E-state index contributed by atoms with van der Waals surface area (Å²) in [6.45, 7) is 3.41. The molecule has 4 N–H and O–H groups in total. The zero-order chi connectivity index (χ0) is 19.4. The van der Waals surface area contributed by atoms with E-state index in [0.29, 0.717) is 6.42 Å². The van der Waals surface area contributed by atoms with E-state index in [4.69, 9.17) is 4.74 Å². The standard InChI is InChI=1S/C17H22N2O7/c1-3-5-7-10(20)11(21)14-12(22)13(23)16(26-14)19-8-9(6-4-2)15(24)18-17(19)25/h8,10,12-14,16,20,22-23H,3,5,7H2,1-2H3,(H,18,24,25)/t10?,12-,13-,14+,16+/m0/s1. The number of ether oxygens (including phenoxy) is 1. The number of aromatic nitrogens is 2. The average Bonchev–Trinajstić information content (AvgIpc) is 2.90. The lowest BCUT2D eigenvalue weighted by Crippen LogP contribution is -2.41. The van der Waals surface area contributed by atoms with Crippen LogP contribution in [0.15, 0.2) is 15.8 Å². The maximum atomic E-state index is 12.3. The molecule has 0 spiro atoms. The summed E-state index contributed by atoms with van der Waals surface area (Å²) < 4.78 is 6.23. The molecule has 9 heteroatoms. The number of carbonyl (C=O) groups excluding carboxylic acids is 1. The van der Waals surface area contributed by atoms with E-state index >= 15 is 0 Å². The molecule has 1 saturated heterocycles. The normalized spacial score (nSPS) is 26.2. The summed E-state index contributed by atoms with van der Waals surface area (Å²) in [7, 11) is 0. The van der Waals surface area contributed by atoms with E-state index in [1.54, 1.807) is 0 Å². The van der Waals surface area contributed by atoms with E-state index in [0.717, 1.165) is 17.2 Å². The Morgan fingerprint density at radius 3 is 2.69 bits per heavy atom. The number of carbonyl (C=O) groups is 1. The van der Waals surface area contributed by atoms with Crippen molar-refractivity contribution in [3.63, 3.8) is 0 Å². The molecule has 0 aromatic carbocycles. The summed E-state index contributed by atoms with van der Waals surface area (Å²) >= 11 is 0. The van der Waals surface area contributed by atoms with Gasteiger partial charge in [0.2, 0.25) is 0 Å². The Morgan fingerprint density at radius 1 is 1.38 bits per heavy atom. The van der Waals surface area contributed by atoms with Gasteiger partial charge < -0.3 is 20.1 Å². The van der Waals surface area contributed by atoms with Gasteiger partial charge in [-0.1, -0.05) is 25.7 Å². The number of hydrogen-bond acceptors (Lipinski definition) is 7. The van der Waals surface area contributed by atoms with Crippen LogP contribution < -0.4 is 11.2 Å². The molecule has 2 heterocycles. The van der Waals surface area contributed by atoms with Crippen molar-refractivity contribution in [1.29, 1.82) is 0 Å². The van der Waals surface area contributed by atoms with Crippen LogP contribution in [-0.4, -0.2) is 55.1 Å². The van der Waals surface area contributed by atoms with E-state index in [1.165, 1.54) is 6.92 Å². The Balaban J connectivity index is 2.31. The largest absolute Gasteiger partial charge is 0.387 e. The monoisotopic (exact) mass is 366 g/mol. The zero-order valence-corrected chi connectivity index (χ0v) is 14.5. The van der Waals surface area contributed by atoms with Crippen LogP contribution in [0, 0.1) is 11.8 Å². The van der Waals surface area contributed by atoms with E-state index in [1.807, 2.05) is 11.9 Å². The van der Waals surface area contributed by atoms with Crippen molar-refractivity contribution in [2.75, 3.05) is 0 Å². The molecule has 2 rings (SSSR count). The number of rotatable bonds is 6. The molecule has 0 saturated carbocycles. The van der Waals surface area contributed by atoms with Gasteiger partial charge in [-0.15, -0.1) is 5.92 Å². The van der Waals surface area contributed by atoms with Gasteiger partial charge in [-0.3, -0.25) is 19.1 Å². The van der Waals surface area contributed by atoms with Crippen LogP contribution >= 0.6 is 0 Å². The van der Waals surface area contributed by atoms with Gasteiger partial charge in [-0.25, -0.2) is 4.79 Å². The van der Waals surface area contributed by atoms with Gasteiger partial charge in [0.25, 0.3) is 5.56 Å². The van der Waals surface area contributed by atoms with Crippen LogP contribution in [0.3, 0.4) is 0 Å². The summed E-state index contributed by atoms with van der Waals surface area (Å²) in [5.41, 5.74) is -1.61. The van der Waals surface area contributed by atoms with Gasteiger partial charge in [-0.2, -0.15) is 0 Å². The predicted molar refractivity (Wildman–Crippen MR) is 90.3 cm³/mol. The summed E-state index contributed by atoms with van der Waals surface area (Å²) in [6.07, 6.45) is -4.76.